The van der Waals surface area contributed by atoms with Crippen LogP contribution in [0.15, 0.2) is 36.5 Å². The van der Waals surface area contributed by atoms with Gasteiger partial charge in [-0.25, -0.2) is 13.8 Å². The topological polar surface area (TPSA) is 48.1 Å². The maximum absolute atomic E-state index is 13.7. The number of benzene rings is 1. The van der Waals surface area contributed by atoms with E-state index >= 15 is 0 Å². The van der Waals surface area contributed by atoms with Gasteiger partial charge in [0.05, 0.1) is 13.2 Å². The number of nitrogens with zero attached hydrogens (tertiary/aromatic N) is 1. The highest BCUT2D eigenvalue weighted by atomic mass is 19.2. The zero-order valence-electron chi connectivity index (χ0n) is 9.73. The lowest BCUT2D eigenvalue weighted by molar-refractivity contribution is 0.390. The van der Waals surface area contributed by atoms with Crippen molar-refractivity contribution >= 4 is 0 Å². The zero-order valence-corrected chi connectivity index (χ0v) is 9.73. The second kappa shape index (κ2) is 5.10. The number of nitrogens with two attached hydrogens (primary N) is 1. The Balaban J connectivity index is 2.48. The van der Waals surface area contributed by atoms with Crippen molar-refractivity contribution < 1.29 is 13.5 Å². The fourth-order valence-corrected chi connectivity index (χ4v) is 1.74. The zero-order chi connectivity index (χ0) is 13.1. The number of pyridine rings is 1. The maximum Gasteiger partial charge on any atom is 0.218 e. The summed E-state index contributed by atoms with van der Waals surface area (Å²) in [5, 5.41) is 0. The molecule has 0 fully saturated rings. The molecule has 0 amide bonds. The number of ether oxygens (including phenoxy) is 1. The van der Waals surface area contributed by atoms with Gasteiger partial charge in [0.15, 0.2) is 11.6 Å². The van der Waals surface area contributed by atoms with Crippen molar-refractivity contribution in [1.29, 1.82) is 0 Å². The highest BCUT2D eigenvalue weighted by molar-refractivity contribution is 5.37. The molecule has 0 aliphatic heterocycles. The molecule has 0 radical (unpaired) electrons. The summed E-state index contributed by atoms with van der Waals surface area (Å²) in [6.45, 7) is 0. The maximum atomic E-state index is 13.7. The van der Waals surface area contributed by atoms with Gasteiger partial charge in [0.25, 0.3) is 0 Å². The van der Waals surface area contributed by atoms with Crippen LogP contribution in [0.1, 0.15) is 17.2 Å². The molecule has 3 nitrogen and oxygen atoms in total. The Morgan fingerprint density at radius 1 is 1.17 bits per heavy atom. The van der Waals surface area contributed by atoms with Gasteiger partial charge in [-0.05, 0) is 12.1 Å². The third kappa shape index (κ3) is 2.17. The third-order valence-electron chi connectivity index (χ3n) is 2.65. The van der Waals surface area contributed by atoms with E-state index in [1.165, 1.54) is 25.4 Å². The molecule has 0 saturated carbocycles. The summed E-state index contributed by atoms with van der Waals surface area (Å²) < 4.78 is 31.9. The fourth-order valence-electron chi connectivity index (χ4n) is 1.74. The number of hydrogen-bond acceptors (Lipinski definition) is 3. The van der Waals surface area contributed by atoms with Crippen molar-refractivity contribution in [2.45, 2.75) is 6.04 Å². The molecule has 1 aromatic carbocycles. The minimum absolute atomic E-state index is 0.0706. The van der Waals surface area contributed by atoms with E-state index in [0.29, 0.717) is 11.4 Å². The molecule has 1 aromatic heterocycles. The summed E-state index contributed by atoms with van der Waals surface area (Å²) in [6, 6.07) is 6.40. The minimum atomic E-state index is -0.948. The molecule has 94 valence electrons. The molecular weight excluding hydrogens is 238 g/mol. The van der Waals surface area contributed by atoms with Crippen molar-refractivity contribution in [3.63, 3.8) is 0 Å². The van der Waals surface area contributed by atoms with Crippen LogP contribution in [0.2, 0.25) is 0 Å². The summed E-state index contributed by atoms with van der Waals surface area (Å²) in [5.74, 6) is -1.57. The average Bonchev–Trinajstić information content (AvgIpc) is 2.41. The molecule has 0 spiro atoms. The fraction of sp³-hybridized carbons (Fsp3) is 0.154. The van der Waals surface area contributed by atoms with Gasteiger partial charge in [-0.1, -0.05) is 18.2 Å². The molecule has 2 aromatic rings. The first-order valence-electron chi connectivity index (χ1n) is 5.33. The first-order chi connectivity index (χ1) is 8.65. The second-order valence-electron chi connectivity index (χ2n) is 3.72. The standard InChI is InChI=1S/C13H12F2N2O/c1-18-13-9(5-3-7-17-13)12(16)8-4-2-6-10(14)11(8)15/h2-7,12H,16H2,1H3. The van der Waals surface area contributed by atoms with Gasteiger partial charge in [0, 0.05) is 17.3 Å². The molecule has 0 aliphatic carbocycles. The van der Waals surface area contributed by atoms with E-state index in [4.69, 9.17) is 10.5 Å². The predicted molar refractivity (Wildman–Crippen MR) is 63.2 cm³/mol. The Kier molecular flexibility index (Phi) is 3.53. The summed E-state index contributed by atoms with van der Waals surface area (Å²) in [5.41, 5.74) is 6.51. The molecule has 2 rings (SSSR count). The van der Waals surface area contributed by atoms with Crippen molar-refractivity contribution in [3.05, 3.63) is 59.3 Å². The lowest BCUT2D eigenvalue weighted by atomic mass is 10.00. The first-order valence-corrected chi connectivity index (χ1v) is 5.33. The van der Waals surface area contributed by atoms with Gasteiger partial charge in [0.1, 0.15) is 0 Å². The van der Waals surface area contributed by atoms with Crippen LogP contribution >= 0.6 is 0 Å². The molecule has 0 bridgehead atoms. The normalized spacial score (nSPS) is 12.2. The smallest absolute Gasteiger partial charge is 0.218 e. The van der Waals surface area contributed by atoms with Crippen molar-refractivity contribution in [2.24, 2.45) is 5.73 Å². The summed E-state index contributed by atoms with van der Waals surface area (Å²) in [7, 11) is 1.44. The highest BCUT2D eigenvalue weighted by Gasteiger charge is 2.19. The molecule has 18 heavy (non-hydrogen) atoms. The van der Waals surface area contributed by atoms with Gasteiger partial charge in [0.2, 0.25) is 5.88 Å². The molecule has 1 heterocycles. The van der Waals surface area contributed by atoms with Crippen molar-refractivity contribution in [1.82, 2.24) is 4.98 Å². The number of halogens is 2. The monoisotopic (exact) mass is 250 g/mol. The molecule has 1 atom stereocenters. The SMILES string of the molecule is COc1ncccc1C(N)c1cccc(F)c1F. The van der Waals surface area contributed by atoms with Gasteiger partial charge in [-0.2, -0.15) is 0 Å². The number of aromatic nitrogens is 1. The van der Waals surface area contributed by atoms with Crippen LogP contribution in [-0.4, -0.2) is 12.1 Å². The molecular formula is C13H12F2N2O. The Morgan fingerprint density at radius 2 is 1.89 bits per heavy atom. The Bertz CT molecular complexity index is 560. The summed E-state index contributed by atoms with van der Waals surface area (Å²) in [4.78, 5) is 3.98. The largest absolute Gasteiger partial charge is 0.481 e. The Hall–Kier alpha value is -2.01. The van der Waals surface area contributed by atoms with E-state index < -0.39 is 17.7 Å². The Labute approximate surface area is 103 Å². The average molecular weight is 250 g/mol. The van der Waals surface area contributed by atoms with Gasteiger partial charge in [-0.15, -0.1) is 0 Å². The van der Waals surface area contributed by atoms with E-state index in [9.17, 15) is 8.78 Å². The van der Waals surface area contributed by atoms with Crippen LogP contribution in [0.25, 0.3) is 0 Å². The molecule has 0 aliphatic rings. The van der Waals surface area contributed by atoms with Crippen LogP contribution in [0.5, 0.6) is 5.88 Å². The van der Waals surface area contributed by atoms with Crippen LogP contribution in [0.3, 0.4) is 0 Å². The van der Waals surface area contributed by atoms with Crippen molar-refractivity contribution in [2.75, 3.05) is 7.11 Å². The van der Waals surface area contributed by atoms with Crippen molar-refractivity contribution in [3.8, 4) is 5.88 Å². The quantitative estimate of drug-likeness (QED) is 0.910. The number of rotatable bonds is 3. The summed E-state index contributed by atoms with van der Waals surface area (Å²) in [6.07, 6.45) is 1.54. The van der Waals surface area contributed by atoms with E-state index in [1.54, 1.807) is 12.1 Å². The third-order valence-corrected chi connectivity index (χ3v) is 2.65. The van der Waals surface area contributed by atoms with E-state index in [-0.39, 0.29) is 5.56 Å². The molecule has 1 unspecified atom stereocenters. The van der Waals surface area contributed by atoms with Gasteiger partial charge in [-0.3, -0.25) is 0 Å². The van der Waals surface area contributed by atoms with E-state index in [2.05, 4.69) is 4.98 Å². The van der Waals surface area contributed by atoms with Crippen LogP contribution < -0.4 is 10.5 Å². The lowest BCUT2D eigenvalue weighted by Gasteiger charge is -2.15. The number of methoxy groups -OCH3 is 1. The lowest BCUT2D eigenvalue weighted by Crippen LogP contribution is -2.15. The predicted octanol–water partition coefficient (Wildman–Crippen LogP) is 2.42. The molecule has 5 heteroatoms. The van der Waals surface area contributed by atoms with Crippen LogP contribution in [-0.2, 0) is 0 Å². The molecule has 2 N–H and O–H groups in total. The van der Waals surface area contributed by atoms with E-state index in [1.807, 2.05) is 0 Å². The second-order valence-corrected chi connectivity index (χ2v) is 3.72. The summed E-state index contributed by atoms with van der Waals surface area (Å²) >= 11 is 0. The molecule has 0 saturated heterocycles. The number of hydrogen-bond donors (Lipinski definition) is 1. The Morgan fingerprint density at radius 3 is 2.61 bits per heavy atom. The van der Waals surface area contributed by atoms with Crippen LogP contribution in [0.4, 0.5) is 8.78 Å². The van der Waals surface area contributed by atoms with Gasteiger partial charge < -0.3 is 10.5 Å². The van der Waals surface area contributed by atoms with Crippen LogP contribution in [0, 0.1) is 11.6 Å². The van der Waals surface area contributed by atoms with Gasteiger partial charge >= 0.3 is 0 Å². The first kappa shape index (κ1) is 12.4. The van der Waals surface area contributed by atoms with E-state index in [0.717, 1.165) is 6.07 Å². The highest BCUT2D eigenvalue weighted by Crippen LogP contribution is 2.28. The minimum Gasteiger partial charge on any atom is -0.481 e.